The first kappa shape index (κ1) is 15.4. The number of benzene rings is 1. The van der Waals surface area contributed by atoms with E-state index >= 15 is 0 Å². The van der Waals surface area contributed by atoms with Crippen LogP contribution in [0, 0.1) is 5.92 Å². The second-order valence-electron chi connectivity index (χ2n) is 5.51. The van der Waals surface area contributed by atoms with Gasteiger partial charge >= 0.3 is 6.03 Å². The Labute approximate surface area is 126 Å². The number of carbonyl (C=O) groups is 1. The number of allylic oxidation sites excluding steroid dienone is 1. The summed E-state index contributed by atoms with van der Waals surface area (Å²) in [6.45, 7) is 2.54. The lowest BCUT2D eigenvalue weighted by molar-refractivity contribution is 0.243. The molecule has 0 radical (unpaired) electrons. The van der Waals surface area contributed by atoms with E-state index in [2.05, 4.69) is 17.6 Å². The van der Waals surface area contributed by atoms with Crippen LogP contribution in [0.1, 0.15) is 38.2 Å². The highest BCUT2D eigenvalue weighted by Crippen LogP contribution is 2.30. The van der Waals surface area contributed by atoms with Crippen LogP contribution in [0.4, 0.5) is 4.79 Å². The van der Waals surface area contributed by atoms with Crippen LogP contribution in [0.15, 0.2) is 36.0 Å². The van der Waals surface area contributed by atoms with E-state index in [1.54, 1.807) is 7.11 Å². The molecule has 2 rings (SSSR count). The molecule has 1 aliphatic rings. The summed E-state index contributed by atoms with van der Waals surface area (Å²) in [7, 11) is 1.63. The van der Waals surface area contributed by atoms with Gasteiger partial charge in [-0.15, -0.1) is 0 Å². The summed E-state index contributed by atoms with van der Waals surface area (Å²) in [6.07, 6.45) is 6.93. The Morgan fingerprint density at radius 1 is 1.33 bits per heavy atom. The second kappa shape index (κ2) is 7.72. The van der Waals surface area contributed by atoms with Crippen molar-refractivity contribution in [1.29, 1.82) is 0 Å². The fraction of sp³-hybridized carbons (Fsp3) is 0.471. The number of methoxy groups -OCH3 is 1. The second-order valence-corrected chi connectivity index (χ2v) is 5.51. The first-order valence-corrected chi connectivity index (χ1v) is 7.53. The maximum atomic E-state index is 11.8. The van der Waals surface area contributed by atoms with Crippen LogP contribution in [-0.2, 0) is 6.54 Å². The molecule has 0 atom stereocenters. The highest BCUT2D eigenvalue weighted by atomic mass is 16.5. The third-order valence-electron chi connectivity index (χ3n) is 4.06. The SMILES string of the molecule is COc1ccccc1CNC(=O)N/C=C(\C)C1CCCC1. The van der Waals surface area contributed by atoms with E-state index in [0.29, 0.717) is 12.5 Å². The van der Waals surface area contributed by atoms with Crippen LogP contribution in [0.3, 0.4) is 0 Å². The molecule has 2 N–H and O–H groups in total. The van der Waals surface area contributed by atoms with Crippen molar-refractivity contribution in [1.82, 2.24) is 10.6 Å². The van der Waals surface area contributed by atoms with Gasteiger partial charge in [0.15, 0.2) is 0 Å². The van der Waals surface area contributed by atoms with Crippen molar-refractivity contribution in [2.24, 2.45) is 5.92 Å². The van der Waals surface area contributed by atoms with Gasteiger partial charge in [0.2, 0.25) is 0 Å². The molecule has 0 aliphatic heterocycles. The molecule has 0 spiro atoms. The predicted molar refractivity (Wildman–Crippen MR) is 84.1 cm³/mol. The summed E-state index contributed by atoms with van der Waals surface area (Å²) in [5.74, 6) is 1.43. The lowest BCUT2D eigenvalue weighted by Gasteiger charge is -2.11. The molecule has 4 nitrogen and oxygen atoms in total. The van der Waals surface area contributed by atoms with Gasteiger partial charge in [-0.05, 0) is 31.7 Å². The summed E-state index contributed by atoms with van der Waals surface area (Å²) in [6, 6.07) is 7.49. The minimum atomic E-state index is -0.182. The fourth-order valence-corrected chi connectivity index (χ4v) is 2.75. The number of hydrogen-bond acceptors (Lipinski definition) is 2. The van der Waals surface area contributed by atoms with Crippen LogP contribution in [0.2, 0.25) is 0 Å². The van der Waals surface area contributed by atoms with Crippen molar-refractivity contribution < 1.29 is 9.53 Å². The molecule has 4 heteroatoms. The van der Waals surface area contributed by atoms with Crippen LogP contribution < -0.4 is 15.4 Å². The van der Waals surface area contributed by atoms with E-state index in [0.717, 1.165) is 11.3 Å². The Hall–Kier alpha value is -1.97. The number of ether oxygens (including phenoxy) is 1. The Balaban J connectivity index is 1.80. The van der Waals surface area contributed by atoms with Crippen molar-refractivity contribution in [3.8, 4) is 5.75 Å². The number of nitrogens with one attached hydrogen (secondary N) is 2. The number of carbonyl (C=O) groups excluding carboxylic acids is 1. The zero-order chi connectivity index (χ0) is 15.1. The molecule has 0 unspecified atom stereocenters. The summed E-state index contributed by atoms with van der Waals surface area (Å²) < 4.78 is 5.26. The third kappa shape index (κ3) is 4.52. The largest absolute Gasteiger partial charge is 0.496 e. The number of urea groups is 1. The topological polar surface area (TPSA) is 50.4 Å². The highest BCUT2D eigenvalue weighted by molar-refractivity contribution is 5.75. The Morgan fingerprint density at radius 3 is 2.76 bits per heavy atom. The molecule has 1 saturated carbocycles. The van der Waals surface area contributed by atoms with Gasteiger partial charge in [-0.1, -0.05) is 36.6 Å². The van der Waals surface area contributed by atoms with E-state index in [9.17, 15) is 4.79 Å². The smallest absolute Gasteiger partial charge is 0.319 e. The first-order chi connectivity index (χ1) is 10.2. The van der Waals surface area contributed by atoms with Crippen molar-refractivity contribution in [3.63, 3.8) is 0 Å². The minimum Gasteiger partial charge on any atom is -0.496 e. The molecular formula is C17H24N2O2. The van der Waals surface area contributed by atoms with Gasteiger partial charge in [0.05, 0.1) is 7.11 Å². The third-order valence-corrected chi connectivity index (χ3v) is 4.06. The van der Waals surface area contributed by atoms with Gasteiger partial charge in [-0.25, -0.2) is 4.79 Å². The molecular weight excluding hydrogens is 264 g/mol. The lowest BCUT2D eigenvalue weighted by atomic mass is 10.0. The molecule has 0 bridgehead atoms. The zero-order valence-corrected chi connectivity index (χ0v) is 12.8. The van der Waals surface area contributed by atoms with Gasteiger partial charge in [0.1, 0.15) is 5.75 Å². The molecule has 0 aromatic heterocycles. The van der Waals surface area contributed by atoms with Crippen LogP contribution in [0.5, 0.6) is 5.75 Å². The maximum Gasteiger partial charge on any atom is 0.319 e. The average Bonchev–Trinajstić information content (AvgIpc) is 3.05. The molecule has 1 aromatic rings. The lowest BCUT2D eigenvalue weighted by Crippen LogP contribution is -2.32. The Kier molecular flexibility index (Phi) is 5.67. The maximum absolute atomic E-state index is 11.8. The first-order valence-electron chi connectivity index (χ1n) is 7.53. The number of amides is 2. The quantitative estimate of drug-likeness (QED) is 0.870. The van der Waals surface area contributed by atoms with Gasteiger partial charge in [0.25, 0.3) is 0 Å². The summed E-state index contributed by atoms with van der Waals surface area (Å²) in [5.41, 5.74) is 2.23. The van der Waals surface area contributed by atoms with Crippen molar-refractivity contribution in [2.75, 3.05) is 7.11 Å². The summed E-state index contributed by atoms with van der Waals surface area (Å²) in [5, 5.41) is 5.66. The number of rotatable bonds is 5. The molecule has 114 valence electrons. The standard InChI is InChI=1S/C17H24N2O2/c1-13(14-7-3-4-8-14)11-18-17(20)19-12-15-9-5-6-10-16(15)21-2/h5-6,9-11,14H,3-4,7-8,12H2,1-2H3,(H2,18,19,20)/b13-11+. The predicted octanol–water partition coefficient (Wildman–Crippen LogP) is 3.59. The fourth-order valence-electron chi connectivity index (χ4n) is 2.75. The van der Waals surface area contributed by atoms with Gasteiger partial charge in [-0.2, -0.15) is 0 Å². The van der Waals surface area contributed by atoms with Gasteiger partial charge in [0, 0.05) is 18.3 Å². The van der Waals surface area contributed by atoms with Gasteiger partial charge in [-0.3, -0.25) is 0 Å². The van der Waals surface area contributed by atoms with Crippen molar-refractivity contribution in [3.05, 3.63) is 41.6 Å². The number of hydrogen-bond donors (Lipinski definition) is 2. The molecule has 1 aliphatic carbocycles. The summed E-state index contributed by atoms with van der Waals surface area (Å²) in [4.78, 5) is 11.8. The minimum absolute atomic E-state index is 0.182. The van der Waals surface area contributed by atoms with Crippen LogP contribution in [-0.4, -0.2) is 13.1 Å². The molecule has 1 aromatic carbocycles. The molecule has 2 amide bonds. The molecule has 21 heavy (non-hydrogen) atoms. The zero-order valence-electron chi connectivity index (χ0n) is 12.8. The molecule has 1 fully saturated rings. The monoisotopic (exact) mass is 288 g/mol. The molecule has 0 saturated heterocycles. The average molecular weight is 288 g/mol. The summed E-state index contributed by atoms with van der Waals surface area (Å²) >= 11 is 0. The van der Waals surface area contributed by atoms with E-state index < -0.39 is 0 Å². The van der Waals surface area contributed by atoms with Gasteiger partial charge < -0.3 is 15.4 Å². The van der Waals surface area contributed by atoms with Crippen molar-refractivity contribution >= 4 is 6.03 Å². The Bertz CT molecular complexity index is 505. The van der Waals surface area contributed by atoms with E-state index in [-0.39, 0.29) is 6.03 Å². The normalized spacial score (nSPS) is 15.8. The number of para-hydroxylation sites is 1. The van der Waals surface area contributed by atoms with E-state index in [1.165, 1.54) is 31.3 Å². The highest BCUT2D eigenvalue weighted by Gasteiger charge is 2.16. The van der Waals surface area contributed by atoms with E-state index in [4.69, 9.17) is 4.74 Å². The van der Waals surface area contributed by atoms with Crippen LogP contribution >= 0.6 is 0 Å². The van der Waals surface area contributed by atoms with E-state index in [1.807, 2.05) is 30.5 Å². The van der Waals surface area contributed by atoms with Crippen molar-refractivity contribution in [2.45, 2.75) is 39.2 Å². The van der Waals surface area contributed by atoms with Crippen LogP contribution in [0.25, 0.3) is 0 Å². The molecule has 0 heterocycles. The Morgan fingerprint density at radius 2 is 2.05 bits per heavy atom.